The van der Waals surface area contributed by atoms with Crippen LogP contribution in [0, 0.1) is 11.3 Å². The van der Waals surface area contributed by atoms with Gasteiger partial charge in [-0.05, 0) is 48.4 Å². The van der Waals surface area contributed by atoms with E-state index in [9.17, 15) is 10.1 Å². The molecule has 28 heavy (non-hydrogen) atoms. The Labute approximate surface area is 173 Å². The smallest absolute Gasteiger partial charge is 0.266 e. The first-order chi connectivity index (χ1) is 13.5. The van der Waals surface area contributed by atoms with Gasteiger partial charge in [-0.25, -0.2) is 0 Å². The standard InChI is InChI=1S/C22H16Cl2N2O2/c1-2-14-5-3-4-6-20(14)26-22(27)16(13-25)11-19-7-8-21(28-19)15-9-17(23)12-18(24)10-15/h3-12H,2H2,1H3,(H,26,27)/b16-11+. The monoisotopic (exact) mass is 410 g/mol. The van der Waals surface area contributed by atoms with E-state index in [1.807, 2.05) is 31.2 Å². The number of furan rings is 1. The number of para-hydroxylation sites is 1. The average molecular weight is 411 g/mol. The Balaban J connectivity index is 1.84. The van der Waals surface area contributed by atoms with Gasteiger partial charge in [0.05, 0.1) is 0 Å². The molecular formula is C22H16Cl2N2O2. The van der Waals surface area contributed by atoms with Crippen molar-refractivity contribution in [1.82, 2.24) is 0 Å². The molecular weight excluding hydrogens is 395 g/mol. The van der Waals surface area contributed by atoms with Crippen LogP contribution in [-0.2, 0) is 11.2 Å². The molecule has 1 aromatic heterocycles. The Kier molecular flexibility index (Phi) is 6.20. The van der Waals surface area contributed by atoms with Gasteiger partial charge in [-0.2, -0.15) is 5.26 Å². The molecule has 0 saturated heterocycles. The summed E-state index contributed by atoms with van der Waals surface area (Å²) in [5.74, 6) is 0.415. The second kappa shape index (κ2) is 8.79. The van der Waals surface area contributed by atoms with Gasteiger partial charge in [0.2, 0.25) is 0 Å². The Bertz CT molecular complexity index is 1070. The second-order valence-electron chi connectivity index (χ2n) is 5.99. The molecule has 0 saturated carbocycles. The maximum atomic E-state index is 12.5. The molecule has 0 atom stereocenters. The summed E-state index contributed by atoms with van der Waals surface area (Å²) in [6.45, 7) is 2.00. The number of halogens is 2. The third-order valence-electron chi connectivity index (χ3n) is 4.07. The zero-order chi connectivity index (χ0) is 20.1. The maximum Gasteiger partial charge on any atom is 0.266 e. The minimum Gasteiger partial charge on any atom is -0.457 e. The minimum atomic E-state index is -0.493. The summed E-state index contributed by atoms with van der Waals surface area (Å²) in [6.07, 6.45) is 2.17. The number of carbonyl (C=O) groups excluding carboxylic acids is 1. The van der Waals surface area contributed by atoms with Crippen LogP contribution >= 0.6 is 23.2 Å². The van der Waals surface area contributed by atoms with Gasteiger partial charge in [0.15, 0.2) is 0 Å². The first-order valence-electron chi connectivity index (χ1n) is 8.57. The van der Waals surface area contributed by atoms with Gasteiger partial charge in [0, 0.05) is 27.4 Å². The van der Waals surface area contributed by atoms with Crippen molar-refractivity contribution >= 4 is 40.9 Å². The zero-order valence-corrected chi connectivity index (χ0v) is 16.5. The van der Waals surface area contributed by atoms with E-state index in [1.165, 1.54) is 6.08 Å². The Morgan fingerprint density at radius 3 is 2.54 bits per heavy atom. The van der Waals surface area contributed by atoms with E-state index >= 15 is 0 Å². The molecule has 0 spiro atoms. The Hall–Kier alpha value is -3.00. The molecule has 0 fully saturated rings. The van der Waals surface area contributed by atoms with Crippen LogP contribution < -0.4 is 5.32 Å². The zero-order valence-electron chi connectivity index (χ0n) is 15.0. The molecule has 140 valence electrons. The number of hydrogen-bond acceptors (Lipinski definition) is 3. The number of hydrogen-bond donors (Lipinski definition) is 1. The second-order valence-corrected chi connectivity index (χ2v) is 6.87. The van der Waals surface area contributed by atoms with E-state index in [-0.39, 0.29) is 5.57 Å². The van der Waals surface area contributed by atoms with Crippen molar-refractivity contribution < 1.29 is 9.21 Å². The molecule has 3 aromatic rings. The largest absolute Gasteiger partial charge is 0.457 e. The van der Waals surface area contributed by atoms with E-state index in [0.29, 0.717) is 32.8 Å². The number of carbonyl (C=O) groups is 1. The van der Waals surface area contributed by atoms with Crippen LogP contribution in [0.4, 0.5) is 5.69 Å². The molecule has 6 heteroatoms. The van der Waals surface area contributed by atoms with E-state index < -0.39 is 5.91 Å². The molecule has 0 aliphatic carbocycles. The van der Waals surface area contributed by atoms with Crippen LogP contribution in [0.1, 0.15) is 18.2 Å². The lowest BCUT2D eigenvalue weighted by Gasteiger charge is -2.08. The van der Waals surface area contributed by atoms with Crippen molar-refractivity contribution in [3.05, 3.63) is 81.5 Å². The van der Waals surface area contributed by atoms with Crippen LogP contribution in [0.2, 0.25) is 10.0 Å². The van der Waals surface area contributed by atoms with Crippen molar-refractivity contribution in [3.8, 4) is 17.4 Å². The summed E-state index contributed by atoms with van der Waals surface area (Å²) in [7, 11) is 0. The fourth-order valence-corrected chi connectivity index (χ4v) is 3.24. The molecule has 0 aliphatic rings. The number of benzene rings is 2. The van der Waals surface area contributed by atoms with Crippen LogP contribution in [-0.4, -0.2) is 5.91 Å². The van der Waals surface area contributed by atoms with Crippen molar-refractivity contribution in [2.75, 3.05) is 5.32 Å². The SMILES string of the molecule is CCc1ccccc1NC(=O)/C(C#N)=C/c1ccc(-c2cc(Cl)cc(Cl)c2)o1. The summed E-state index contributed by atoms with van der Waals surface area (Å²) in [5, 5.41) is 13.2. The lowest BCUT2D eigenvalue weighted by Crippen LogP contribution is -2.14. The maximum absolute atomic E-state index is 12.5. The molecule has 0 unspecified atom stereocenters. The fourth-order valence-electron chi connectivity index (χ4n) is 2.71. The molecule has 1 heterocycles. The highest BCUT2D eigenvalue weighted by molar-refractivity contribution is 6.35. The lowest BCUT2D eigenvalue weighted by molar-refractivity contribution is -0.112. The number of rotatable bonds is 5. The highest BCUT2D eigenvalue weighted by Gasteiger charge is 2.13. The van der Waals surface area contributed by atoms with Crippen LogP contribution in [0.15, 0.2) is 64.6 Å². The normalized spacial score (nSPS) is 11.1. The third-order valence-corrected chi connectivity index (χ3v) is 4.51. The molecule has 1 N–H and O–H groups in total. The van der Waals surface area contributed by atoms with E-state index in [2.05, 4.69) is 5.32 Å². The predicted octanol–water partition coefficient (Wildman–Crippen LogP) is 6.36. The average Bonchev–Trinajstić information content (AvgIpc) is 3.14. The van der Waals surface area contributed by atoms with E-state index in [0.717, 1.165) is 12.0 Å². The van der Waals surface area contributed by atoms with Crippen molar-refractivity contribution in [2.24, 2.45) is 0 Å². The summed E-state index contributed by atoms with van der Waals surface area (Å²) >= 11 is 12.0. The highest BCUT2D eigenvalue weighted by Crippen LogP contribution is 2.29. The first kappa shape index (κ1) is 19.8. The van der Waals surface area contributed by atoms with Crippen molar-refractivity contribution in [3.63, 3.8) is 0 Å². The number of aryl methyl sites for hydroxylation is 1. The highest BCUT2D eigenvalue weighted by atomic mass is 35.5. The number of amides is 1. The minimum absolute atomic E-state index is 0.0593. The van der Waals surface area contributed by atoms with Gasteiger partial charge < -0.3 is 9.73 Å². The van der Waals surface area contributed by atoms with E-state index in [4.69, 9.17) is 27.6 Å². The Morgan fingerprint density at radius 1 is 1.14 bits per heavy atom. The number of anilines is 1. The quantitative estimate of drug-likeness (QED) is 0.392. The van der Waals surface area contributed by atoms with Gasteiger partial charge in [0.1, 0.15) is 23.2 Å². The molecule has 3 rings (SSSR count). The van der Waals surface area contributed by atoms with Gasteiger partial charge in [-0.1, -0.05) is 48.3 Å². The molecule has 0 radical (unpaired) electrons. The fraction of sp³-hybridized carbons (Fsp3) is 0.0909. The van der Waals surface area contributed by atoms with Crippen LogP contribution in [0.3, 0.4) is 0 Å². The van der Waals surface area contributed by atoms with Gasteiger partial charge in [-0.15, -0.1) is 0 Å². The predicted molar refractivity (Wildman–Crippen MR) is 112 cm³/mol. The lowest BCUT2D eigenvalue weighted by atomic mass is 10.1. The number of nitrogens with zero attached hydrogens (tertiary/aromatic N) is 1. The molecule has 4 nitrogen and oxygen atoms in total. The third kappa shape index (κ3) is 4.64. The molecule has 0 bridgehead atoms. The molecule has 1 amide bonds. The van der Waals surface area contributed by atoms with Crippen molar-refractivity contribution in [2.45, 2.75) is 13.3 Å². The van der Waals surface area contributed by atoms with Gasteiger partial charge in [0.25, 0.3) is 5.91 Å². The summed E-state index contributed by atoms with van der Waals surface area (Å²) < 4.78 is 5.73. The summed E-state index contributed by atoms with van der Waals surface area (Å²) in [5.41, 5.74) is 2.32. The molecule has 0 aliphatic heterocycles. The topological polar surface area (TPSA) is 66.0 Å². The van der Waals surface area contributed by atoms with Crippen LogP contribution in [0.5, 0.6) is 0 Å². The first-order valence-corrected chi connectivity index (χ1v) is 9.33. The Morgan fingerprint density at radius 2 is 1.86 bits per heavy atom. The van der Waals surface area contributed by atoms with Crippen molar-refractivity contribution in [1.29, 1.82) is 5.26 Å². The van der Waals surface area contributed by atoms with Crippen LogP contribution in [0.25, 0.3) is 17.4 Å². The number of nitriles is 1. The number of nitrogens with one attached hydrogen (secondary N) is 1. The van der Waals surface area contributed by atoms with E-state index in [1.54, 1.807) is 36.4 Å². The molecule has 2 aromatic carbocycles. The van der Waals surface area contributed by atoms with Gasteiger partial charge >= 0.3 is 0 Å². The summed E-state index contributed by atoms with van der Waals surface area (Å²) in [6, 6.07) is 17.9. The van der Waals surface area contributed by atoms with Gasteiger partial charge in [-0.3, -0.25) is 4.79 Å². The summed E-state index contributed by atoms with van der Waals surface area (Å²) in [4.78, 5) is 12.5.